The lowest BCUT2D eigenvalue weighted by atomic mass is 10.3. The van der Waals surface area contributed by atoms with Gasteiger partial charge in [0.15, 0.2) is 5.16 Å². The Morgan fingerprint density at radius 2 is 2.00 bits per heavy atom. The number of esters is 1. The van der Waals surface area contributed by atoms with Crippen LogP contribution in [0.5, 0.6) is 0 Å². The fourth-order valence-corrected chi connectivity index (χ4v) is 2.66. The van der Waals surface area contributed by atoms with Gasteiger partial charge in [0.25, 0.3) is 5.56 Å². The van der Waals surface area contributed by atoms with Gasteiger partial charge >= 0.3 is 5.97 Å². The molecule has 0 fully saturated rings. The number of hydrogen-bond donors (Lipinski definition) is 1. The van der Waals surface area contributed by atoms with E-state index in [0.717, 1.165) is 4.57 Å². The zero-order valence-electron chi connectivity index (χ0n) is 13.6. The van der Waals surface area contributed by atoms with Gasteiger partial charge in [0.1, 0.15) is 12.1 Å². The molecule has 7 nitrogen and oxygen atoms in total. The van der Waals surface area contributed by atoms with Crippen molar-refractivity contribution in [1.82, 2.24) is 9.55 Å². The molecule has 9 heteroatoms. The first-order chi connectivity index (χ1) is 12.0. The molecule has 0 spiro atoms. The van der Waals surface area contributed by atoms with Crippen LogP contribution in [0.3, 0.4) is 0 Å². The van der Waals surface area contributed by atoms with Crippen molar-refractivity contribution in [2.24, 2.45) is 0 Å². The Balaban J connectivity index is 2.26. The number of nitrogens with one attached hydrogen (secondary N) is 1. The molecule has 0 aliphatic rings. The van der Waals surface area contributed by atoms with Crippen molar-refractivity contribution in [2.75, 3.05) is 18.2 Å². The zero-order chi connectivity index (χ0) is 18.4. The monoisotopic (exact) mass is 381 g/mol. The average molecular weight is 382 g/mol. The summed E-state index contributed by atoms with van der Waals surface area (Å²) in [4.78, 5) is 40.6. The minimum Gasteiger partial charge on any atom is -0.462 e. The first-order valence-electron chi connectivity index (χ1n) is 7.32. The van der Waals surface area contributed by atoms with E-state index < -0.39 is 17.4 Å². The van der Waals surface area contributed by atoms with Gasteiger partial charge in [-0.05, 0) is 37.4 Å². The summed E-state index contributed by atoms with van der Waals surface area (Å²) in [7, 11) is 0. The number of nitrogens with zero attached hydrogens (tertiary/aromatic N) is 2. The standard InChI is InChI=1S/C16H16ClN3O4S/c1-3-24-15(23)12-8-18-16(25-2)20(14(12)22)9-13(21)19-11-6-4-10(17)5-7-11/h4-8H,3,9H2,1-2H3,(H,19,21). The van der Waals surface area contributed by atoms with E-state index in [1.165, 1.54) is 18.0 Å². The summed E-state index contributed by atoms with van der Waals surface area (Å²) in [5.41, 5.74) is -0.286. The molecule has 132 valence electrons. The van der Waals surface area contributed by atoms with Gasteiger partial charge in [-0.15, -0.1) is 0 Å². The molecule has 1 N–H and O–H groups in total. The van der Waals surface area contributed by atoms with Gasteiger partial charge in [-0.3, -0.25) is 14.2 Å². The Labute approximate surface area is 153 Å². The van der Waals surface area contributed by atoms with Gasteiger partial charge in [-0.25, -0.2) is 9.78 Å². The third-order valence-corrected chi connectivity index (χ3v) is 4.06. The van der Waals surface area contributed by atoms with Gasteiger partial charge in [-0.1, -0.05) is 23.4 Å². The van der Waals surface area contributed by atoms with E-state index in [1.54, 1.807) is 37.4 Å². The first kappa shape index (κ1) is 19.0. The summed E-state index contributed by atoms with van der Waals surface area (Å²) >= 11 is 6.99. The number of aromatic nitrogens is 2. The van der Waals surface area contributed by atoms with E-state index in [4.69, 9.17) is 16.3 Å². The molecule has 0 atom stereocenters. The van der Waals surface area contributed by atoms with Crippen LogP contribution in [0.1, 0.15) is 17.3 Å². The van der Waals surface area contributed by atoms with Gasteiger partial charge in [0, 0.05) is 10.7 Å². The smallest absolute Gasteiger partial charge is 0.345 e. The molecule has 1 amide bonds. The van der Waals surface area contributed by atoms with Crippen molar-refractivity contribution in [3.8, 4) is 0 Å². The summed E-state index contributed by atoms with van der Waals surface area (Å²) in [6.45, 7) is 1.50. The molecule has 0 saturated heterocycles. The molecule has 0 aliphatic heterocycles. The van der Waals surface area contributed by atoms with E-state index in [1.807, 2.05) is 0 Å². The van der Waals surface area contributed by atoms with Crippen LogP contribution in [0.2, 0.25) is 5.02 Å². The maximum Gasteiger partial charge on any atom is 0.345 e. The van der Waals surface area contributed by atoms with Crippen LogP contribution in [0.15, 0.2) is 40.4 Å². The van der Waals surface area contributed by atoms with Crippen molar-refractivity contribution in [3.05, 3.63) is 51.4 Å². The molecular weight excluding hydrogens is 366 g/mol. The highest BCUT2D eigenvalue weighted by atomic mass is 35.5. The number of thioether (sulfide) groups is 1. The summed E-state index contributed by atoms with van der Waals surface area (Å²) < 4.78 is 5.98. The van der Waals surface area contributed by atoms with Crippen LogP contribution >= 0.6 is 23.4 Å². The highest BCUT2D eigenvalue weighted by molar-refractivity contribution is 7.98. The fourth-order valence-electron chi connectivity index (χ4n) is 2.01. The van der Waals surface area contributed by atoms with Gasteiger partial charge in [-0.2, -0.15) is 0 Å². The number of carbonyl (C=O) groups excluding carboxylic acids is 2. The molecule has 0 unspecified atom stereocenters. The van der Waals surface area contributed by atoms with Crippen LogP contribution in [-0.2, 0) is 16.1 Å². The Kier molecular flexibility index (Phi) is 6.60. The molecule has 0 radical (unpaired) electrons. The average Bonchev–Trinajstić information content (AvgIpc) is 2.58. The highest BCUT2D eigenvalue weighted by Gasteiger charge is 2.18. The SMILES string of the molecule is CCOC(=O)c1cnc(SC)n(CC(=O)Nc2ccc(Cl)cc2)c1=O. The number of rotatable bonds is 6. The Morgan fingerprint density at radius 3 is 2.60 bits per heavy atom. The molecule has 25 heavy (non-hydrogen) atoms. The van der Waals surface area contributed by atoms with E-state index >= 15 is 0 Å². The first-order valence-corrected chi connectivity index (χ1v) is 8.93. The van der Waals surface area contributed by atoms with Crippen LogP contribution in [0.4, 0.5) is 5.69 Å². The zero-order valence-corrected chi connectivity index (χ0v) is 15.2. The van der Waals surface area contributed by atoms with Crippen molar-refractivity contribution in [3.63, 3.8) is 0 Å². The molecule has 2 rings (SSSR count). The molecular formula is C16H16ClN3O4S. The predicted octanol–water partition coefficient (Wildman–Crippen LogP) is 2.43. The van der Waals surface area contributed by atoms with Gasteiger partial charge in [0.2, 0.25) is 5.91 Å². The maximum atomic E-state index is 12.5. The molecule has 1 aromatic heterocycles. The normalized spacial score (nSPS) is 10.4. The third-order valence-electron chi connectivity index (χ3n) is 3.12. The number of carbonyl (C=O) groups is 2. The second kappa shape index (κ2) is 8.68. The number of halogens is 1. The Bertz CT molecular complexity index is 836. The largest absolute Gasteiger partial charge is 0.462 e. The van der Waals surface area contributed by atoms with Crippen LogP contribution in [0, 0.1) is 0 Å². The van der Waals surface area contributed by atoms with Crippen LogP contribution < -0.4 is 10.9 Å². The van der Waals surface area contributed by atoms with Crippen molar-refractivity contribution in [2.45, 2.75) is 18.6 Å². The van der Waals surface area contributed by atoms with Gasteiger partial charge in [0.05, 0.1) is 12.8 Å². The third kappa shape index (κ3) is 4.83. The van der Waals surface area contributed by atoms with Gasteiger partial charge < -0.3 is 10.1 Å². The second-order valence-corrected chi connectivity index (χ2v) is 6.04. The van der Waals surface area contributed by atoms with Crippen molar-refractivity contribution in [1.29, 1.82) is 0 Å². The topological polar surface area (TPSA) is 90.3 Å². The predicted molar refractivity (Wildman–Crippen MR) is 96.3 cm³/mol. The number of amides is 1. The van der Waals surface area contributed by atoms with E-state index in [9.17, 15) is 14.4 Å². The van der Waals surface area contributed by atoms with Crippen LogP contribution in [0.25, 0.3) is 0 Å². The van der Waals surface area contributed by atoms with E-state index in [0.29, 0.717) is 15.9 Å². The summed E-state index contributed by atoms with van der Waals surface area (Å²) in [6.07, 6.45) is 2.89. The number of hydrogen-bond acceptors (Lipinski definition) is 6. The fraction of sp³-hybridized carbons (Fsp3) is 0.250. The summed E-state index contributed by atoms with van der Waals surface area (Å²) in [5, 5.41) is 3.53. The van der Waals surface area contributed by atoms with E-state index in [2.05, 4.69) is 10.3 Å². The van der Waals surface area contributed by atoms with E-state index in [-0.39, 0.29) is 18.7 Å². The lowest BCUT2D eigenvalue weighted by molar-refractivity contribution is -0.116. The molecule has 1 aromatic carbocycles. The molecule has 0 bridgehead atoms. The Hall–Kier alpha value is -2.32. The van der Waals surface area contributed by atoms with Crippen molar-refractivity contribution < 1.29 is 14.3 Å². The lowest BCUT2D eigenvalue weighted by Crippen LogP contribution is -2.33. The maximum absolute atomic E-state index is 12.5. The summed E-state index contributed by atoms with van der Waals surface area (Å²) in [6, 6.07) is 6.57. The number of anilines is 1. The molecule has 0 saturated carbocycles. The minimum atomic E-state index is -0.764. The second-order valence-electron chi connectivity index (χ2n) is 4.83. The van der Waals surface area contributed by atoms with Crippen LogP contribution in [-0.4, -0.2) is 34.3 Å². The highest BCUT2D eigenvalue weighted by Crippen LogP contribution is 2.14. The Morgan fingerprint density at radius 1 is 1.32 bits per heavy atom. The minimum absolute atomic E-state index is 0.138. The van der Waals surface area contributed by atoms with Crippen molar-refractivity contribution >= 4 is 40.9 Å². The quantitative estimate of drug-likeness (QED) is 0.469. The number of ether oxygens (including phenoxy) is 1. The molecule has 0 aliphatic carbocycles. The lowest BCUT2D eigenvalue weighted by Gasteiger charge is -2.12. The molecule has 2 aromatic rings. The summed E-state index contributed by atoms with van der Waals surface area (Å²) in [5.74, 6) is -1.19. The molecule has 1 heterocycles. The number of benzene rings is 1.